The summed E-state index contributed by atoms with van der Waals surface area (Å²) in [7, 11) is 1.36. The monoisotopic (exact) mass is 211 g/mol. The van der Waals surface area contributed by atoms with Gasteiger partial charge in [0.2, 0.25) is 0 Å². The van der Waals surface area contributed by atoms with Crippen LogP contribution in [0.2, 0.25) is 0 Å². The van der Waals surface area contributed by atoms with Crippen LogP contribution in [0.5, 0.6) is 5.75 Å². The third-order valence-electron chi connectivity index (χ3n) is 2.10. The summed E-state index contributed by atoms with van der Waals surface area (Å²) in [5, 5.41) is 8.41. The molecule has 0 aliphatic rings. The highest BCUT2D eigenvalue weighted by Crippen LogP contribution is 2.32. The predicted octanol–water partition coefficient (Wildman–Crippen LogP) is 3.09. The quantitative estimate of drug-likeness (QED) is 0.766. The van der Waals surface area contributed by atoms with Gasteiger partial charge in [0.1, 0.15) is 5.75 Å². The minimum Gasteiger partial charge on any atom is -0.496 e. The maximum Gasteiger partial charge on any atom is 0.267 e. The van der Waals surface area contributed by atoms with Gasteiger partial charge < -0.3 is 4.74 Å². The summed E-state index contributed by atoms with van der Waals surface area (Å²) in [6, 6.07) is 6.68. The number of rotatable bonds is 4. The average Bonchev–Trinajstić information content (AvgIpc) is 2.25. The zero-order chi connectivity index (χ0) is 11.3. The highest BCUT2D eigenvalue weighted by molar-refractivity contribution is 5.41. The van der Waals surface area contributed by atoms with E-state index in [0.717, 1.165) is 0 Å². The standard InChI is InChI=1S/C11H11F2NO/c1-15-9-6-2-4-8(5-3-7-14)10(9)11(12)13/h2,4,6,11H,3,5H2,1H3. The van der Waals surface area contributed by atoms with Gasteiger partial charge in [0.25, 0.3) is 6.43 Å². The second-order valence-corrected chi connectivity index (χ2v) is 2.99. The molecule has 0 saturated carbocycles. The number of hydrogen-bond donors (Lipinski definition) is 0. The number of hydrogen-bond acceptors (Lipinski definition) is 2. The molecule has 0 unspecified atom stereocenters. The van der Waals surface area contributed by atoms with Crippen LogP contribution in [0.15, 0.2) is 18.2 Å². The topological polar surface area (TPSA) is 33.0 Å². The third-order valence-corrected chi connectivity index (χ3v) is 2.10. The lowest BCUT2D eigenvalue weighted by Gasteiger charge is -2.11. The van der Waals surface area contributed by atoms with E-state index in [1.54, 1.807) is 12.1 Å². The first kappa shape index (κ1) is 11.4. The fourth-order valence-corrected chi connectivity index (χ4v) is 1.42. The summed E-state index contributed by atoms with van der Waals surface area (Å²) in [5.41, 5.74) is 0.376. The zero-order valence-electron chi connectivity index (χ0n) is 8.34. The lowest BCUT2D eigenvalue weighted by atomic mass is 10.0. The van der Waals surface area contributed by atoms with Crippen molar-refractivity contribution >= 4 is 0 Å². The van der Waals surface area contributed by atoms with E-state index >= 15 is 0 Å². The van der Waals surface area contributed by atoms with Crippen molar-refractivity contribution in [3.8, 4) is 11.8 Å². The molecule has 1 aromatic carbocycles. The summed E-state index contributed by atoms with van der Waals surface area (Å²) in [6.07, 6.45) is -2.02. The fraction of sp³-hybridized carbons (Fsp3) is 0.364. The van der Waals surface area contributed by atoms with E-state index in [4.69, 9.17) is 10.00 Å². The van der Waals surface area contributed by atoms with Gasteiger partial charge in [0.15, 0.2) is 0 Å². The van der Waals surface area contributed by atoms with E-state index in [1.807, 2.05) is 6.07 Å². The van der Waals surface area contributed by atoms with E-state index in [9.17, 15) is 8.78 Å². The van der Waals surface area contributed by atoms with E-state index in [0.29, 0.717) is 12.0 Å². The summed E-state index contributed by atoms with van der Waals surface area (Å²) >= 11 is 0. The molecule has 1 rings (SSSR count). The van der Waals surface area contributed by atoms with Crippen molar-refractivity contribution in [3.63, 3.8) is 0 Å². The first-order chi connectivity index (χ1) is 7.20. The summed E-state index contributed by atoms with van der Waals surface area (Å²) in [5.74, 6) is 0.181. The SMILES string of the molecule is COc1cccc(CCC#N)c1C(F)F. The predicted molar refractivity (Wildman–Crippen MR) is 51.9 cm³/mol. The molecule has 0 saturated heterocycles. The minimum atomic E-state index is -2.57. The van der Waals surface area contributed by atoms with Gasteiger partial charge in [0.05, 0.1) is 18.7 Å². The molecule has 4 heteroatoms. The zero-order valence-corrected chi connectivity index (χ0v) is 8.34. The molecule has 0 aromatic heterocycles. The van der Waals surface area contributed by atoms with Crippen molar-refractivity contribution in [1.82, 2.24) is 0 Å². The number of alkyl halides is 2. The first-order valence-electron chi connectivity index (χ1n) is 4.51. The van der Waals surface area contributed by atoms with Crippen molar-refractivity contribution in [2.45, 2.75) is 19.3 Å². The molecule has 0 fully saturated rings. The van der Waals surface area contributed by atoms with Gasteiger partial charge in [-0.1, -0.05) is 12.1 Å². The number of nitrogens with zero attached hydrogens (tertiary/aromatic N) is 1. The Morgan fingerprint density at radius 3 is 2.73 bits per heavy atom. The van der Waals surface area contributed by atoms with Crippen LogP contribution in [0, 0.1) is 11.3 Å². The molecular weight excluding hydrogens is 200 g/mol. The second kappa shape index (κ2) is 5.30. The lowest BCUT2D eigenvalue weighted by Crippen LogP contribution is -1.98. The molecule has 0 atom stereocenters. The van der Waals surface area contributed by atoms with Gasteiger partial charge in [-0.25, -0.2) is 8.78 Å². The van der Waals surface area contributed by atoms with Crippen LogP contribution >= 0.6 is 0 Å². The Balaban J connectivity index is 3.08. The van der Waals surface area contributed by atoms with Crippen molar-refractivity contribution in [2.75, 3.05) is 7.11 Å². The Hall–Kier alpha value is -1.63. The van der Waals surface area contributed by atoms with E-state index in [1.165, 1.54) is 13.2 Å². The summed E-state index contributed by atoms with van der Waals surface area (Å²) in [4.78, 5) is 0. The molecule has 0 N–H and O–H groups in total. The Labute approximate surface area is 87.1 Å². The van der Waals surface area contributed by atoms with Crippen LogP contribution in [-0.2, 0) is 6.42 Å². The maximum absolute atomic E-state index is 12.7. The minimum absolute atomic E-state index is 0.102. The Bertz CT molecular complexity index is 371. The summed E-state index contributed by atoms with van der Waals surface area (Å²) < 4.78 is 30.3. The molecule has 0 bridgehead atoms. The van der Waals surface area contributed by atoms with E-state index < -0.39 is 6.43 Å². The molecule has 15 heavy (non-hydrogen) atoms. The number of halogens is 2. The molecule has 0 heterocycles. The molecule has 0 aliphatic carbocycles. The van der Waals surface area contributed by atoms with Gasteiger partial charge in [-0.05, 0) is 18.1 Å². The normalized spacial score (nSPS) is 10.1. The van der Waals surface area contributed by atoms with Gasteiger partial charge in [-0.15, -0.1) is 0 Å². The van der Waals surface area contributed by atoms with Crippen LogP contribution in [0.1, 0.15) is 24.0 Å². The Kier molecular flexibility index (Phi) is 4.04. The smallest absolute Gasteiger partial charge is 0.267 e. The summed E-state index contributed by atoms with van der Waals surface area (Å²) in [6.45, 7) is 0. The molecule has 80 valence electrons. The van der Waals surface area contributed by atoms with Crippen molar-refractivity contribution in [3.05, 3.63) is 29.3 Å². The lowest BCUT2D eigenvalue weighted by molar-refractivity contribution is 0.146. The largest absolute Gasteiger partial charge is 0.496 e. The number of methoxy groups -OCH3 is 1. The van der Waals surface area contributed by atoms with E-state index in [2.05, 4.69) is 0 Å². The number of nitriles is 1. The van der Waals surface area contributed by atoms with Gasteiger partial charge in [-0.3, -0.25) is 0 Å². The number of benzene rings is 1. The Morgan fingerprint density at radius 1 is 1.47 bits per heavy atom. The molecule has 0 spiro atoms. The van der Waals surface area contributed by atoms with Gasteiger partial charge in [-0.2, -0.15) is 5.26 Å². The van der Waals surface area contributed by atoms with Crippen LogP contribution < -0.4 is 4.74 Å². The molecule has 0 aliphatic heterocycles. The van der Waals surface area contributed by atoms with Gasteiger partial charge in [0, 0.05) is 6.42 Å². The molecule has 0 radical (unpaired) electrons. The van der Waals surface area contributed by atoms with Crippen molar-refractivity contribution in [1.29, 1.82) is 5.26 Å². The first-order valence-corrected chi connectivity index (χ1v) is 4.51. The molecule has 0 amide bonds. The molecule has 2 nitrogen and oxygen atoms in total. The van der Waals surface area contributed by atoms with Crippen LogP contribution in [0.3, 0.4) is 0 Å². The number of ether oxygens (including phenoxy) is 1. The van der Waals surface area contributed by atoms with Crippen molar-refractivity contribution in [2.24, 2.45) is 0 Å². The van der Waals surface area contributed by atoms with Crippen LogP contribution in [0.4, 0.5) is 8.78 Å². The molecule has 1 aromatic rings. The van der Waals surface area contributed by atoms with Crippen LogP contribution in [0.25, 0.3) is 0 Å². The average molecular weight is 211 g/mol. The third kappa shape index (κ3) is 2.66. The molecular formula is C11H11F2NO. The maximum atomic E-state index is 12.7. The fourth-order valence-electron chi connectivity index (χ4n) is 1.42. The number of aryl methyl sites for hydroxylation is 1. The highest BCUT2D eigenvalue weighted by atomic mass is 19.3. The second-order valence-electron chi connectivity index (χ2n) is 2.99. The van der Waals surface area contributed by atoms with Gasteiger partial charge >= 0.3 is 0 Å². The van der Waals surface area contributed by atoms with E-state index in [-0.39, 0.29) is 17.7 Å². The Morgan fingerprint density at radius 2 is 2.20 bits per heavy atom. The van der Waals surface area contributed by atoms with Crippen molar-refractivity contribution < 1.29 is 13.5 Å². The highest BCUT2D eigenvalue weighted by Gasteiger charge is 2.17. The van der Waals surface area contributed by atoms with Crippen LogP contribution in [-0.4, -0.2) is 7.11 Å².